The number of halogens is 2. The summed E-state index contributed by atoms with van der Waals surface area (Å²) in [5.41, 5.74) is 5.54. The molecule has 2 atom stereocenters. The third kappa shape index (κ3) is 6.44. The number of carbonyl (C=O) groups is 1. The molecule has 0 saturated carbocycles. The van der Waals surface area contributed by atoms with Crippen molar-refractivity contribution in [1.29, 1.82) is 0 Å². The Morgan fingerprint density at radius 1 is 1.42 bits per heavy atom. The summed E-state index contributed by atoms with van der Waals surface area (Å²) in [5.74, 6) is -3.15. The van der Waals surface area contributed by atoms with E-state index in [1.807, 2.05) is 0 Å². The topological polar surface area (TPSA) is 118 Å². The number of nitrogens with one attached hydrogen (secondary N) is 1. The van der Waals surface area contributed by atoms with Crippen LogP contribution in [0.4, 0.5) is 8.78 Å². The first-order valence-electron chi connectivity index (χ1n) is 9.64. The molecule has 2 rings (SSSR count). The number of amidine groups is 1. The normalized spacial score (nSPS) is 19.9. The molecule has 3 N–H and O–H groups in total. The molecule has 176 valence electrons. The number of allylic oxidation sites excluding steroid dienone is 1. The second-order valence-corrected chi connectivity index (χ2v) is 7.87. The minimum absolute atomic E-state index is 0.0362. The van der Waals surface area contributed by atoms with Crippen molar-refractivity contribution in [2.24, 2.45) is 26.6 Å². The van der Waals surface area contributed by atoms with Gasteiger partial charge in [-0.1, -0.05) is 6.08 Å². The van der Waals surface area contributed by atoms with Crippen LogP contribution >= 0.6 is 24.4 Å². The summed E-state index contributed by atoms with van der Waals surface area (Å²) in [5, 5.41) is 4.76. The molecule has 0 bridgehead atoms. The summed E-state index contributed by atoms with van der Waals surface area (Å²) >= 11 is 9.98. The molecule has 0 radical (unpaired) electrons. The molecule has 0 spiro atoms. The molecule has 1 aromatic heterocycles. The average molecular weight is 496 g/mol. The maximum Gasteiger partial charge on any atom is 0.267 e. The summed E-state index contributed by atoms with van der Waals surface area (Å²) < 4.78 is 32.4. The fourth-order valence-corrected chi connectivity index (χ4v) is 3.23. The van der Waals surface area contributed by atoms with E-state index in [2.05, 4.69) is 30.4 Å². The van der Waals surface area contributed by atoms with Crippen LogP contribution in [0, 0.1) is 5.92 Å². The predicted molar refractivity (Wildman–Crippen MR) is 129 cm³/mol. The highest BCUT2D eigenvalue weighted by molar-refractivity contribution is 7.80. The fraction of sp³-hybridized carbons (Fsp3) is 0.400. The molecule has 33 heavy (non-hydrogen) atoms. The number of ether oxygens (including phenoxy) is 1. The van der Waals surface area contributed by atoms with E-state index >= 15 is 0 Å². The number of dihydropyridines is 1. The second kappa shape index (κ2) is 11.1. The van der Waals surface area contributed by atoms with E-state index in [1.54, 1.807) is 40.1 Å². The molecule has 2 heterocycles. The first-order chi connectivity index (χ1) is 15.5. The lowest BCUT2D eigenvalue weighted by molar-refractivity contribution is -0.133. The molecule has 2 unspecified atom stereocenters. The number of rotatable bonds is 7. The second-order valence-electron chi connectivity index (χ2n) is 7.30. The molecule has 9 nitrogen and oxygen atoms in total. The number of alkyl halides is 2. The number of nitrogens with two attached hydrogens (primary N) is 1. The van der Waals surface area contributed by atoms with E-state index < -0.39 is 18.1 Å². The Morgan fingerprint density at radius 3 is 2.70 bits per heavy atom. The van der Waals surface area contributed by atoms with Gasteiger partial charge in [0.05, 0.1) is 23.0 Å². The number of pyridine rings is 1. The van der Waals surface area contributed by atoms with Gasteiger partial charge in [-0.15, -0.1) is 0 Å². The van der Waals surface area contributed by atoms with Crippen LogP contribution in [0.5, 0.6) is 5.75 Å². The van der Waals surface area contributed by atoms with E-state index in [0.29, 0.717) is 0 Å². The maximum absolute atomic E-state index is 13.5. The van der Waals surface area contributed by atoms with Gasteiger partial charge < -0.3 is 20.7 Å². The van der Waals surface area contributed by atoms with Crippen LogP contribution in [-0.2, 0) is 4.79 Å². The monoisotopic (exact) mass is 495 g/mol. The van der Waals surface area contributed by atoms with Crippen LogP contribution in [0.25, 0.3) is 0 Å². The van der Waals surface area contributed by atoms with Crippen molar-refractivity contribution in [3.8, 4) is 5.75 Å². The van der Waals surface area contributed by atoms with Crippen LogP contribution in [-0.4, -0.2) is 64.1 Å². The molecule has 1 amide bonds. The Labute approximate surface area is 200 Å². The first kappa shape index (κ1) is 26.1. The molecule has 0 aromatic carbocycles. The highest BCUT2D eigenvalue weighted by atomic mass is 32.1. The van der Waals surface area contributed by atoms with Crippen molar-refractivity contribution in [1.82, 2.24) is 15.2 Å². The van der Waals surface area contributed by atoms with Gasteiger partial charge in [0.2, 0.25) is 5.91 Å². The Morgan fingerprint density at radius 2 is 2.12 bits per heavy atom. The lowest BCUT2D eigenvalue weighted by atomic mass is 9.96. The van der Waals surface area contributed by atoms with E-state index in [0.717, 1.165) is 12.3 Å². The van der Waals surface area contributed by atoms with Crippen LogP contribution in [0.1, 0.15) is 31.5 Å². The Hall–Kier alpha value is -3.15. The molecule has 0 saturated heterocycles. The smallest absolute Gasteiger partial charge is 0.267 e. The Bertz CT molecular complexity index is 1050. The average Bonchev–Trinajstić information content (AvgIpc) is 2.73. The zero-order valence-electron chi connectivity index (χ0n) is 18.3. The number of aromatic nitrogens is 1. The molecular formula is C20H23F2N7O2S2. The van der Waals surface area contributed by atoms with Crippen molar-refractivity contribution in [2.45, 2.75) is 32.2 Å². The van der Waals surface area contributed by atoms with Crippen LogP contribution in [0.3, 0.4) is 0 Å². The van der Waals surface area contributed by atoms with Gasteiger partial charge in [0.1, 0.15) is 17.4 Å². The summed E-state index contributed by atoms with van der Waals surface area (Å²) in [6.07, 6.45) is 2.59. The van der Waals surface area contributed by atoms with Crippen LogP contribution < -0.4 is 15.8 Å². The molecule has 0 aliphatic carbocycles. The molecule has 1 aromatic rings. The summed E-state index contributed by atoms with van der Waals surface area (Å²) in [6.45, 7) is 3.41. The van der Waals surface area contributed by atoms with Gasteiger partial charge in [0.15, 0.2) is 10.9 Å². The molecule has 1 aliphatic rings. The van der Waals surface area contributed by atoms with Crippen molar-refractivity contribution in [3.63, 3.8) is 0 Å². The molecule has 13 heteroatoms. The Kier molecular flexibility index (Phi) is 8.80. The number of thiocarbonyl (C=S) groups is 2. The quantitative estimate of drug-likeness (QED) is 0.339. The van der Waals surface area contributed by atoms with Gasteiger partial charge in [-0.05, 0) is 50.4 Å². The fourth-order valence-electron chi connectivity index (χ4n) is 2.84. The number of hydrogen-bond acceptors (Lipinski definition) is 7. The summed E-state index contributed by atoms with van der Waals surface area (Å²) in [6, 6.07) is 1.08. The Balaban J connectivity index is 2.37. The molecule has 0 fully saturated rings. The summed E-state index contributed by atoms with van der Waals surface area (Å²) in [4.78, 5) is 30.3. The van der Waals surface area contributed by atoms with Gasteiger partial charge in [-0.25, -0.2) is 23.7 Å². The lowest BCUT2D eigenvalue weighted by Crippen LogP contribution is -2.55. The van der Waals surface area contributed by atoms with Gasteiger partial charge >= 0.3 is 0 Å². The van der Waals surface area contributed by atoms with Crippen LogP contribution in [0.2, 0.25) is 0 Å². The number of hydrogen-bond donors (Lipinski definition) is 2. The lowest BCUT2D eigenvalue weighted by Gasteiger charge is -2.34. The zero-order valence-corrected chi connectivity index (χ0v) is 20.0. The first-order valence-corrected chi connectivity index (χ1v) is 10.5. The standard InChI is InChI=1S/C20H23F2N7O2S2/c1-11(2)31-15-9-24-14(8-12(15)16(21)22)17(23)27-19(33)28-20(26-10-32)13(6-5-7-25-20)18(30)29(3)4/h5-9,11,13,16H,1-4H3,(H3,23,27,28,33). The third-order valence-electron chi connectivity index (χ3n) is 4.29. The van der Waals surface area contributed by atoms with E-state index in [1.165, 1.54) is 11.1 Å². The van der Waals surface area contributed by atoms with Crippen LogP contribution in [0.15, 0.2) is 39.4 Å². The van der Waals surface area contributed by atoms with Gasteiger partial charge in [-0.2, -0.15) is 4.99 Å². The van der Waals surface area contributed by atoms with E-state index in [-0.39, 0.29) is 40.0 Å². The van der Waals surface area contributed by atoms with Gasteiger partial charge in [0.25, 0.3) is 12.2 Å². The minimum atomic E-state index is -2.82. The number of amides is 1. The molecule has 1 aliphatic heterocycles. The third-order valence-corrected chi connectivity index (χ3v) is 4.57. The highest BCUT2D eigenvalue weighted by Crippen LogP contribution is 2.30. The number of aliphatic imine (C=N–C) groups is 3. The van der Waals surface area contributed by atoms with E-state index in [4.69, 9.17) is 34.9 Å². The SMILES string of the molecule is CC(C)Oc1cnc(C(N)=NC(=S)NC2(N=C=S)N=CC=CC2C(=O)N(C)C)cc1C(F)F. The van der Waals surface area contributed by atoms with Crippen molar-refractivity contribution < 1.29 is 18.3 Å². The predicted octanol–water partition coefficient (Wildman–Crippen LogP) is 2.49. The van der Waals surface area contributed by atoms with Crippen molar-refractivity contribution >= 4 is 52.7 Å². The van der Waals surface area contributed by atoms with E-state index in [9.17, 15) is 13.6 Å². The van der Waals surface area contributed by atoms with Gasteiger partial charge in [0, 0.05) is 20.3 Å². The van der Waals surface area contributed by atoms with Crippen molar-refractivity contribution in [3.05, 3.63) is 35.7 Å². The number of nitrogens with zero attached hydrogens (tertiary/aromatic N) is 5. The zero-order chi connectivity index (χ0) is 24.8. The number of carbonyl (C=O) groups excluding carboxylic acids is 1. The minimum Gasteiger partial charge on any atom is -0.489 e. The largest absolute Gasteiger partial charge is 0.489 e. The van der Waals surface area contributed by atoms with Gasteiger partial charge in [-0.3, -0.25) is 4.79 Å². The van der Waals surface area contributed by atoms with Crippen molar-refractivity contribution in [2.75, 3.05) is 14.1 Å². The summed E-state index contributed by atoms with van der Waals surface area (Å²) in [7, 11) is 3.15. The maximum atomic E-state index is 13.5. The highest BCUT2D eigenvalue weighted by Gasteiger charge is 2.44. The number of isothiocyanates is 1. The molecular weight excluding hydrogens is 472 g/mol.